The number of Topliss-reactive ketones (excluding diaryl/α,β-unsaturated/α-hetero) is 1. The van der Waals surface area contributed by atoms with Crippen molar-refractivity contribution in [3.63, 3.8) is 0 Å². The summed E-state index contributed by atoms with van der Waals surface area (Å²) in [7, 11) is 0. The predicted molar refractivity (Wildman–Crippen MR) is 88.5 cm³/mol. The van der Waals surface area contributed by atoms with Crippen LogP contribution in [0.25, 0.3) is 0 Å². The number of hydrogen-bond acceptors (Lipinski definition) is 5. The highest BCUT2D eigenvalue weighted by atomic mass is 19.1. The minimum atomic E-state index is -0.657. The Morgan fingerprint density at radius 1 is 1.04 bits per heavy atom. The number of ketones is 1. The maximum Gasteiger partial charge on any atom is 0.308 e. The maximum atomic E-state index is 12.8. The summed E-state index contributed by atoms with van der Waals surface area (Å²) in [5.41, 5.74) is 0.244. The molecule has 1 saturated heterocycles. The van der Waals surface area contributed by atoms with Crippen LogP contribution in [0.5, 0.6) is 0 Å². The highest BCUT2D eigenvalue weighted by molar-refractivity contribution is 6.05. The smallest absolute Gasteiger partial charge is 0.308 e. The lowest BCUT2D eigenvalue weighted by Crippen LogP contribution is -2.33. The van der Waals surface area contributed by atoms with Crippen LogP contribution < -0.4 is 0 Å². The number of carbonyl (C=O) groups is 4. The van der Waals surface area contributed by atoms with E-state index in [0.29, 0.717) is 0 Å². The zero-order chi connectivity index (χ0) is 18.7. The number of amides is 2. The van der Waals surface area contributed by atoms with E-state index in [1.165, 1.54) is 12.1 Å². The molecule has 2 amide bonds. The highest BCUT2D eigenvalue weighted by Crippen LogP contribution is 2.37. The zero-order valence-corrected chi connectivity index (χ0v) is 14.3. The summed E-state index contributed by atoms with van der Waals surface area (Å²) in [5, 5.41) is 0. The molecule has 0 spiro atoms. The first kappa shape index (κ1) is 18.2. The van der Waals surface area contributed by atoms with Gasteiger partial charge in [-0.3, -0.25) is 24.1 Å². The van der Waals surface area contributed by atoms with Gasteiger partial charge in [0.25, 0.3) is 0 Å². The average molecular weight is 361 g/mol. The van der Waals surface area contributed by atoms with Gasteiger partial charge in [-0.15, -0.1) is 0 Å². The first-order chi connectivity index (χ1) is 12.5. The summed E-state index contributed by atoms with van der Waals surface area (Å²) in [6.45, 7) is -0.480. The normalized spacial score (nSPS) is 22.3. The molecule has 0 unspecified atom stereocenters. The molecule has 0 N–H and O–H groups in total. The molecular formula is C19H20FNO5. The largest absolute Gasteiger partial charge is 0.457 e. The summed E-state index contributed by atoms with van der Waals surface area (Å²) in [4.78, 5) is 49.5. The number of hydrogen-bond donors (Lipinski definition) is 0. The Kier molecular flexibility index (Phi) is 5.44. The van der Waals surface area contributed by atoms with Gasteiger partial charge in [0.15, 0.2) is 12.4 Å². The van der Waals surface area contributed by atoms with Crippen molar-refractivity contribution in [2.75, 3.05) is 13.2 Å². The summed E-state index contributed by atoms with van der Waals surface area (Å²) < 4.78 is 17.7. The molecule has 2 fully saturated rings. The van der Waals surface area contributed by atoms with Gasteiger partial charge in [0.1, 0.15) is 5.82 Å². The van der Waals surface area contributed by atoms with E-state index in [1.54, 1.807) is 0 Å². The number of fused-ring (bicyclic) bond motifs is 1. The van der Waals surface area contributed by atoms with Gasteiger partial charge >= 0.3 is 5.97 Å². The molecule has 1 aromatic rings. The van der Waals surface area contributed by atoms with Gasteiger partial charge in [0, 0.05) is 12.1 Å². The third-order valence-corrected chi connectivity index (χ3v) is 5.00. The van der Waals surface area contributed by atoms with Crippen molar-refractivity contribution in [2.24, 2.45) is 11.8 Å². The van der Waals surface area contributed by atoms with Crippen LogP contribution in [0.2, 0.25) is 0 Å². The minimum Gasteiger partial charge on any atom is -0.457 e. The summed E-state index contributed by atoms with van der Waals surface area (Å²) >= 11 is 0. The molecule has 0 aromatic heterocycles. The molecule has 1 aliphatic heterocycles. The molecule has 1 heterocycles. The van der Waals surface area contributed by atoms with Crippen LogP contribution >= 0.6 is 0 Å². The van der Waals surface area contributed by atoms with Gasteiger partial charge in [-0.2, -0.15) is 0 Å². The monoisotopic (exact) mass is 361 g/mol. The number of benzene rings is 1. The van der Waals surface area contributed by atoms with Gasteiger partial charge in [0.05, 0.1) is 18.3 Å². The molecule has 6 nitrogen and oxygen atoms in total. The predicted octanol–water partition coefficient (Wildman–Crippen LogP) is 2.12. The number of ether oxygens (including phenoxy) is 1. The number of esters is 1. The molecule has 7 heteroatoms. The lowest BCUT2D eigenvalue weighted by molar-refractivity contribution is -0.145. The molecule has 138 valence electrons. The Balaban J connectivity index is 1.47. The molecule has 0 radical (unpaired) electrons. The van der Waals surface area contributed by atoms with E-state index in [2.05, 4.69) is 0 Å². The Labute approximate surface area is 150 Å². The third-order valence-electron chi connectivity index (χ3n) is 5.00. The Morgan fingerprint density at radius 3 is 2.19 bits per heavy atom. The number of carbonyl (C=O) groups excluding carboxylic acids is 4. The van der Waals surface area contributed by atoms with E-state index in [1.807, 2.05) is 0 Å². The van der Waals surface area contributed by atoms with Crippen LogP contribution in [0.1, 0.15) is 42.5 Å². The number of imide groups is 1. The maximum absolute atomic E-state index is 12.8. The van der Waals surface area contributed by atoms with E-state index in [0.717, 1.165) is 42.7 Å². The number of likely N-dealkylation sites (tertiary alicyclic amines) is 1. The second-order valence-electron chi connectivity index (χ2n) is 6.67. The fourth-order valence-electron chi connectivity index (χ4n) is 3.59. The van der Waals surface area contributed by atoms with Crippen LogP contribution in [-0.2, 0) is 19.1 Å². The van der Waals surface area contributed by atoms with Crippen LogP contribution in [0, 0.1) is 17.7 Å². The second-order valence-corrected chi connectivity index (χ2v) is 6.67. The Bertz CT molecular complexity index is 706. The fraction of sp³-hybridized carbons (Fsp3) is 0.474. The van der Waals surface area contributed by atoms with Gasteiger partial charge < -0.3 is 4.74 Å². The molecule has 1 saturated carbocycles. The summed E-state index contributed by atoms with van der Waals surface area (Å²) in [6, 6.07) is 4.93. The van der Waals surface area contributed by atoms with Crippen LogP contribution in [-0.4, -0.2) is 41.6 Å². The van der Waals surface area contributed by atoms with Gasteiger partial charge in [-0.05, 0) is 37.1 Å². The minimum absolute atomic E-state index is 0.0196. The number of halogens is 1. The Morgan fingerprint density at radius 2 is 1.62 bits per heavy atom. The van der Waals surface area contributed by atoms with Crippen molar-refractivity contribution in [3.8, 4) is 0 Å². The van der Waals surface area contributed by atoms with Crippen molar-refractivity contribution >= 4 is 23.6 Å². The molecular weight excluding hydrogens is 341 g/mol. The van der Waals surface area contributed by atoms with E-state index < -0.39 is 24.2 Å². The van der Waals surface area contributed by atoms with Crippen LogP contribution in [0.4, 0.5) is 4.39 Å². The topological polar surface area (TPSA) is 80.8 Å². The van der Waals surface area contributed by atoms with Crippen molar-refractivity contribution in [3.05, 3.63) is 35.6 Å². The molecule has 2 aliphatic rings. The number of nitrogens with zero attached hydrogens (tertiary/aromatic N) is 1. The first-order valence-corrected chi connectivity index (χ1v) is 8.77. The lowest BCUT2D eigenvalue weighted by Gasteiger charge is -2.19. The quantitative estimate of drug-likeness (QED) is 0.440. The third kappa shape index (κ3) is 3.81. The fourth-order valence-corrected chi connectivity index (χ4v) is 3.59. The zero-order valence-electron chi connectivity index (χ0n) is 14.3. The van der Waals surface area contributed by atoms with Crippen LogP contribution in [0.15, 0.2) is 24.3 Å². The second kappa shape index (κ2) is 7.76. The molecule has 3 rings (SSSR count). The lowest BCUT2D eigenvalue weighted by atomic mass is 9.81. The van der Waals surface area contributed by atoms with Crippen molar-refractivity contribution in [2.45, 2.75) is 32.1 Å². The summed E-state index contributed by atoms with van der Waals surface area (Å²) in [5.74, 6) is -2.45. The molecule has 26 heavy (non-hydrogen) atoms. The van der Waals surface area contributed by atoms with Crippen molar-refractivity contribution in [1.29, 1.82) is 0 Å². The van der Waals surface area contributed by atoms with E-state index in [4.69, 9.17) is 4.74 Å². The van der Waals surface area contributed by atoms with Crippen molar-refractivity contribution in [1.82, 2.24) is 4.90 Å². The number of rotatable bonds is 6. The van der Waals surface area contributed by atoms with Gasteiger partial charge in [0.2, 0.25) is 11.8 Å². The van der Waals surface area contributed by atoms with Gasteiger partial charge in [-0.1, -0.05) is 12.8 Å². The molecule has 2 atom stereocenters. The first-order valence-electron chi connectivity index (χ1n) is 8.77. The highest BCUT2D eigenvalue weighted by Gasteiger charge is 2.47. The van der Waals surface area contributed by atoms with E-state index in [9.17, 15) is 23.6 Å². The molecule has 0 bridgehead atoms. The Hall–Kier alpha value is -2.57. The summed E-state index contributed by atoms with van der Waals surface area (Å²) in [6.07, 6.45) is 3.20. The standard InChI is InChI=1S/C19H20FNO5/c20-13-7-5-12(6-8-13)16(22)11-26-17(23)9-10-21-18(24)14-3-1-2-4-15(14)19(21)25/h5-8,14-15H,1-4,9-11H2/t14-,15-/m1/s1. The van der Waals surface area contributed by atoms with Crippen molar-refractivity contribution < 1.29 is 28.3 Å². The average Bonchev–Trinajstić information content (AvgIpc) is 2.89. The van der Waals surface area contributed by atoms with Gasteiger partial charge in [-0.25, -0.2) is 4.39 Å². The van der Waals surface area contributed by atoms with Crippen LogP contribution in [0.3, 0.4) is 0 Å². The molecule has 1 aromatic carbocycles. The SMILES string of the molecule is O=C(CCN1C(=O)[C@@H]2CCCC[C@H]2C1=O)OCC(=O)c1ccc(F)cc1. The van der Waals surface area contributed by atoms with E-state index >= 15 is 0 Å². The van der Waals surface area contributed by atoms with E-state index in [-0.39, 0.29) is 42.2 Å². The molecule has 1 aliphatic carbocycles.